The first-order valence-electron chi connectivity index (χ1n) is 5.88. The molecule has 94 valence electrons. The van der Waals surface area contributed by atoms with E-state index in [2.05, 4.69) is 0 Å². The summed E-state index contributed by atoms with van der Waals surface area (Å²) in [6, 6.07) is 16.7. The SMILES string of the molecule is Oc1cccc(OCCOCc2ccccc2)c1. The van der Waals surface area contributed by atoms with Crippen LogP contribution in [0.2, 0.25) is 0 Å². The van der Waals surface area contributed by atoms with Crippen molar-refractivity contribution in [2.45, 2.75) is 6.61 Å². The van der Waals surface area contributed by atoms with Gasteiger partial charge in [-0.2, -0.15) is 0 Å². The highest BCUT2D eigenvalue weighted by atomic mass is 16.5. The van der Waals surface area contributed by atoms with E-state index in [4.69, 9.17) is 9.47 Å². The molecule has 3 heteroatoms. The van der Waals surface area contributed by atoms with Crippen molar-refractivity contribution in [2.75, 3.05) is 13.2 Å². The number of hydrogen-bond acceptors (Lipinski definition) is 3. The topological polar surface area (TPSA) is 38.7 Å². The lowest BCUT2D eigenvalue weighted by atomic mass is 10.2. The zero-order valence-corrected chi connectivity index (χ0v) is 10.1. The van der Waals surface area contributed by atoms with Crippen LogP contribution < -0.4 is 4.74 Å². The highest BCUT2D eigenvalue weighted by Gasteiger charge is 1.96. The third kappa shape index (κ3) is 4.11. The maximum Gasteiger partial charge on any atom is 0.123 e. The Hall–Kier alpha value is -2.00. The van der Waals surface area contributed by atoms with Crippen molar-refractivity contribution in [2.24, 2.45) is 0 Å². The van der Waals surface area contributed by atoms with Gasteiger partial charge in [0.25, 0.3) is 0 Å². The Kier molecular flexibility index (Phi) is 4.61. The molecule has 3 nitrogen and oxygen atoms in total. The molecule has 0 heterocycles. The molecule has 0 atom stereocenters. The molecule has 1 N–H and O–H groups in total. The van der Waals surface area contributed by atoms with E-state index < -0.39 is 0 Å². The Morgan fingerprint density at radius 2 is 1.72 bits per heavy atom. The quantitative estimate of drug-likeness (QED) is 0.794. The summed E-state index contributed by atoms with van der Waals surface area (Å²) in [5, 5.41) is 9.25. The Bertz CT molecular complexity index is 468. The van der Waals surface area contributed by atoms with Crippen LogP contribution in [0.3, 0.4) is 0 Å². The molecule has 0 amide bonds. The van der Waals surface area contributed by atoms with Crippen molar-refractivity contribution in [3.8, 4) is 11.5 Å². The third-order valence-electron chi connectivity index (χ3n) is 2.43. The van der Waals surface area contributed by atoms with E-state index in [0.717, 1.165) is 5.56 Å². The molecule has 2 rings (SSSR count). The number of rotatable bonds is 6. The minimum Gasteiger partial charge on any atom is -0.508 e. The molecular formula is C15H16O3. The van der Waals surface area contributed by atoms with Crippen LogP contribution in [0, 0.1) is 0 Å². The Balaban J connectivity index is 1.65. The molecule has 2 aromatic rings. The van der Waals surface area contributed by atoms with Crippen LogP contribution >= 0.6 is 0 Å². The van der Waals surface area contributed by atoms with E-state index in [0.29, 0.717) is 25.6 Å². The van der Waals surface area contributed by atoms with Gasteiger partial charge in [-0.15, -0.1) is 0 Å². The molecule has 0 aliphatic heterocycles. The smallest absolute Gasteiger partial charge is 0.123 e. The first-order valence-corrected chi connectivity index (χ1v) is 5.88. The normalized spacial score (nSPS) is 10.2. The second-order valence-corrected chi connectivity index (χ2v) is 3.88. The maximum absolute atomic E-state index is 9.25. The number of phenolic OH excluding ortho intramolecular Hbond substituents is 1. The fraction of sp³-hybridized carbons (Fsp3) is 0.200. The van der Waals surface area contributed by atoms with E-state index in [9.17, 15) is 5.11 Å². The molecule has 0 bridgehead atoms. The van der Waals surface area contributed by atoms with Crippen LogP contribution in [0.4, 0.5) is 0 Å². The summed E-state index contributed by atoms with van der Waals surface area (Å²) in [4.78, 5) is 0. The van der Waals surface area contributed by atoms with Crippen molar-refractivity contribution >= 4 is 0 Å². The highest BCUT2D eigenvalue weighted by Crippen LogP contribution is 2.17. The van der Waals surface area contributed by atoms with E-state index >= 15 is 0 Å². The predicted octanol–water partition coefficient (Wildman–Crippen LogP) is 2.99. The van der Waals surface area contributed by atoms with Crippen LogP contribution in [0.1, 0.15) is 5.56 Å². The Morgan fingerprint density at radius 3 is 2.50 bits per heavy atom. The molecule has 0 spiro atoms. The van der Waals surface area contributed by atoms with Crippen LogP contribution in [-0.2, 0) is 11.3 Å². The van der Waals surface area contributed by atoms with Gasteiger partial charge < -0.3 is 14.6 Å². The van der Waals surface area contributed by atoms with E-state index in [1.807, 2.05) is 30.3 Å². The van der Waals surface area contributed by atoms with Gasteiger partial charge in [0.1, 0.15) is 18.1 Å². The minimum absolute atomic E-state index is 0.206. The standard InChI is InChI=1S/C15H16O3/c16-14-7-4-8-15(11-14)18-10-9-17-12-13-5-2-1-3-6-13/h1-8,11,16H,9-10,12H2. The second-order valence-electron chi connectivity index (χ2n) is 3.88. The molecule has 0 saturated heterocycles. The summed E-state index contributed by atoms with van der Waals surface area (Å²) in [5.41, 5.74) is 1.15. The fourth-order valence-corrected chi connectivity index (χ4v) is 1.56. The lowest BCUT2D eigenvalue weighted by Crippen LogP contribution is -2.06. The average molecular weight is 244 g/mol. The molecule has 0 radical (unpaired) electrons. The van der Waals surface area contributed by atoms with Gasteiger partial charge in [-0.05, 0) is 17.7 Å². The summed E-state index contributed by atoms with van der Waals surface area (Å²) in [7, 11) is 0. The number of ether oxygens (including phenoxy) is 2. The summed E-state index contributed by atoms with van der Waals surface area (Å²) in [6.45, 7) is 1.57. The molecule has 0 saturated carbocycles. The first-order chi connectivity index (χ1) is 8.84. The Morgan fingerprint density at radius 1 is 0.889 bits per heavy atom. The van der Waals surface area contributed by atoms with E-state index in [-0.39, 0.29) is 5.75 Å². The summed E-state index contributed by atoms with van der Waals surface area (Å²) in [5.74, 6) is 0.857. The zero-order valence-electron chi connectivity index (χ0n) is 10.1. The molecule has 0 aromatic heterocycles. The summed E-state index contributed by atoms with van der Waals surface area (Å²) < 4.78 is 10.9. The van der Waals surface area contributed by atoms with Crippen molar-refractivity contribution < 1.29 is 14.6 Å². The number of hydrogen-bond donors (Lipinski definition) is 1. The van der Waals surface area contributed by atoms with Gasteiger partial charge in [0.2, 0.25) is 0 Å². The van der Waals surface area contributed by atoms with Crippen LogP contribution in [0.25, 0.3) is 0 Å². The summed E-state index contributed by atoms with van der Waals surface area (Å²) in [6.07, 6.45) is 0. The van der Waals surface area contributed by atoms with E-state index in [1.165, 1.54) is 0 Å². The van der Waals surface area contributed by atoms with Gasteiger partial charge in [-0.3, -0.25) is 0 Å². The molecular weight excluding hydrogens is 228 g/mol. The van der Waals surface area contributed by atoms with Gasteiger partial charge in [0.15, 0.2) is 0 Å². The minimum atomic E-state index is 0.206. The van der Waals surface area contributed by atoms with E-state index in [1.54, 1.807) is 24.3 Å². The molecule has 0 aliphatic carbocycles. The number of benzene rings is 2. The number of phenols is 1. The Labute approximate surface area is 107 Å². The lowest BCUT2D eigenvalue weighted by Gasteiger charge is -2.07. The van der Waals surface area contributed by atoms with Crippen molar-refractivity contribution in [1.29, 1.82) is 0 Å². The second kappa shape index (κ2) is 6.67. The average Bonchev–Trinajstić information content (AvgIpc) is 2.40. The highest BCUT2D eigenvalue weighted by molar-refractivity contribution is 5.31. The lowest BCUT2D eigenvalue weighted by molar-refractivity contribution is 0.0888. The molecule has 0 aliphatic rings. The fourth-order valence-electron chi connectivity index (χ4n) is 1.56. The first kappa shape index (κ1) is 12.5. The largest absolute Gasteiger partial charge is 0.508 e. The molecule has 0 unspecified atom stereocenters. The van der Waals surface area contributed by atoms with Crippen molar-refractivity contribution in [3.05, 3.63) is 60.2 Å². The van der Waals surface area contributed by atoms with Crippen LogP contribution in [-0.4, -0.2) is 18.3 Å². The maximum atomic E-state index is 9.25. The van der Waals surface area contributed by atoms with Gasteiger partial charge in [-0.25, -0.2) is 0 Å². The van der Waals surface area contributed by atoms with Gasteiger partial charge in [-0.1, -0.05) is 36.4 Å². The van der Waals surface area contributed by atoms with Gasteiger partial charge >= 0.3 is 0 Å². The molecule has 0 fully saturated rings. The van der Waals surface area contributed by atoms with Crippen molar-refractivity contribution in [3.63, 3.8) is 0 Å². The monoisotopic (exact) mass is 244 g/mol. The third-order valence-corrected chi connectivity index (χ3v) is 2.43. The predicted molar refractivity (Wildman–Crippen MR) is 69.7 cm³/mol. The number of aromatic hydroxyl groups is 1. The summed E-state index contributed by atoms with van der Waals surface area (Å²) >= 11 is 0. The van der Waals surface area contributed by atoms with Crippen LogP contribution in [0.5, 0.6) is 11.5 Å². The zero-order chi connectivity index (χ0) is 12.6. The van der Waals surface area contributed by atoms with Crippen molar-refractivity contribution in [1.82, 2.24) is 0 Å². The van der Waals surface area contributed by atoms with Gasteiger partial charge in [0, 0.05) is 6.07 Å². The molecule has 2 aromatic carbocycles. The molecule has 18 heavy (non-hydrogen) atoms. The van der Waals surface area contributed by atoms with Crippen LogP contribution in [0.15, 0.2) is 54.6 Å². The van der Waals surface area contributed by atoms with Gasteiger partial charge in [0.05, 0.1) is 13.2 Å².